The molecule has 36 heavy (non-hydrogen) atoms. The highest BCUT2D eigenvalue weighted by Gasteiger charge is 2.28. The lowest BCUT2D eigenvalue weighted by Gasteiger charge is -2.29. The number of nitrogens with zero attached hydrogens (tertiary/aromatic N) is 3. The number of ether oxygens (including phenoxy) is 1. The summed E-state index contributed by atoms with van der Waals surface area (Å²) >= 11 is 0. The summed E-state index contributed by atoms with van der Waals surface area (Å²) in [7, 11) is 1.75. The zero-order valence-electron chi connectivity index (χ0n) is 21.0. The Hall–Kier alpha value is -3.97. The molecule has 2 aromatic carbocycles. The fourth-order valence-electron chi connectivity index (χ4n) is 4.46. The lowest BCUT2D eigenvalue weighted by molar-refractivity contribution is 0.0717. The zero-order chi connectivity index (χ0) is 25.7. The van der Waals surface area contributed by atoms with E-state index >= 15 is 0 Å². The quantitative estimate of drug-likeness (QED) is 0.385. The Balaban J connectivity index is 1.80. The minimum Gasteiger partial charge on any atom is -0.491 e. The van der Waals surface area contributed by atoms with E-state index < -0.39 is 6.04 Å². The van der Waals surface area contributed by atoms with Crippen molar-refractivity contribution in [2.45, 2.75) is 32.7 Å². The molecule has 0 radical (unpaired) electrons. The summed E-state index contributed by atoms with van der Waals surface area (Å²) in [5, 5.41) is 0. The SMILES string of the molecule is CCC(c1nc2ccccn2c(=O)c1Cc1ccccc1)N(C)C(=O)c1ccc(C)cc1OCCN. The van der Waals surface area contributed by atoms with E-state index in [9.17, 15) is 9.59 Å². The first-order valence-corrected chi connectivity index (χ1v) is 12.2. The Morgan fingerprint density at radius 3 is 2.58 bits per heavy atom. The fraction of sp³-hybridized carbons (Fsp3) is 0.276. The molecule has 0 aliphatic rings. The molecule has 1 unspecified atom stereocenters. The number of hydrogen-bond donors (Lipinski definition) is 1. The summed E-state index contributed by atoms with van der Waals surface area (Å²) in [6, 6.07) is 20.4. The average Bonchev–Trinajstić information content (AvgIpc) is 2.90. The Morgan fingerprint density at radius 2 is 1.86 bits per heavy atom. The first-order valence-electron chi connectivity index (χ1n) is 12.2. The number of aryl methyl sites for hydroxylation is 1. The largest absolute Gasteiger partial charge is 0.491 e. The number of aromatic nitrogens is 2. The number of carbonyl (C=O) groups excluding carboxylic acids is 1. The average molecular weight is 485 g/mol. The number of pyridine rings is 1. The molecular weight excluding hydrogens is 452 g/mol. The predicted molar refractivity (Wildman–Crippen MR) is 142 cm³/mol. The molecule has 0 fully saturated rings. The van der Waals surface area contributed by atoms with Gasteiger partial charge in [0.25, 0.3) is 11.5 Å². The van der Waals surface area contributed by atoms with Crippen molar-refractivity contribution in [3.05, 3.63) is 111 Å². The topological polar surface area (TPSA) is 89.9 Å². The van der Waals surface area contributed by atoms with Crippen LogP contribution in [0, 0.1) is 6.92 Å². The van der Waals surface area contributed by atoms with Gasteiger partial charge in [-0.25, -0.2) is 4.98 Å². The van der Waals surface area contributed by atoms with Crippen molar-refractivity contribution in [3.8, 4) is 5.75 Å². The van der Waals surface area contributed by atoms with Crippen molar-refractivity contribution in [1.82, 2.24) is 14.3 Å². The second-order valence-corrected chi connectivity index (χ2v) is 8.85. The summed E-state index contributed by atoms with van der Waals surface area (Å²) in [5.41, 5.74) is 9.70. The van der Waals surface area contributed by atoms with Crippen LogP contribution in [0.4, 0.5) is 0 Å². The van der Waals surface area contributed by atoms with Crippen LogP contribution in [0.25, 0.3) is 5.65 Å². The number of rotatable bonds is 9. The normalized spacial score (nSPS) is 11.9. The Labute approximate surface area is 211 Å². The van der Waals surface area contributed by atoms with Gasteiger partial charge in [-0.15, -0.1) is 0 Å². The van der Waals surface area contributed by atoms with Crippen molar-refractivity contribution < 1.29 is 9.53 Å². The molecule has 1 amide bonds. The second-order valence-electron chi connectivity index (χ2n) is 8.85. The van der Waals surface area contributed by atoms with Gasteiger partial charge in [0.05, 0.1) is 17.3 Å². The minimum absolute atomic E-state index is 0.124. The molecule has 2 aromatic heterocycles. The van der Waals surface area contributed by atoms with E-state index in [-0.39, 0.29) is 11.5 Å². The van der Waals surface area contributed by atoms with Crippen molar-refractivity contribution in [3.63, 3.8) is 0 Å². The van der Waals surface area contributed by atoms with E-state index in [0.29, 0.717) is 54.2 Å². The molecule has 0 spiro atoms. The minimum atomic E-state index is -0.405. The van der Waals surface area contributed by atoms with Crippen LogP contribution in [0.2, 0.25) is 0 Å². The maximum atomic E-state index is 13.7. The van der Waals surface area contributed by atoms with Crippen LogP contribution >= 0.6 is 0 Å². The van der Waals surface area contributed by atoms with Crippen LogP contribution in [0.5, 0.6) is 5.75 Å². The lowest BCUT2D eigenvalue weighted by atomic mass is 9.98. The van der Waals surface area contributed by atoms with E-state index in [2.05, 4.69) is 0 Å². The molecule has 1 atom stereocenters. The molecule has 0 bridgehead atoms. The van der Waals surface area contributed by atoms with E-state index in [1.54, 1.807) is 28.6 Å². The first kappa shape index (κ1) is 25.1. The highest BCUT2D eigenvalue weighted by atomic mass is 16.5. The highest BCUT2D eigenvalue weighted by molar-refractivity contribution is 5.97. The fourth-order valence-corrected chi connectivity index (χ4v) is 4.46. The highest BCUT2D eigenvalue weighted by Crippen LogP contribution is 2.29. The third-order valence-electron chi connectivity index (χ3n) is 6.32. The summed E-state index contributed by atoms with van der Waals surface area (Å²) < 4.78 is 7.36. The van der Waals surface area contributed by atoms with Crippen molar-refractivity contribution >= 4 is 11.6 Å². The predicted octanol–water partition coefficient (Wildman–Crippen LogP) is 4.15. The lowest BCUT2D eigenvalue weighted by Crippen LogP contribution is -2.35. The molecule has 0 saturated carbocycles. The van der Waals surface area contributed by atoms with Crippen LogP contribution in [0.1, 0.15) is 52.1 Å². The molecule has 7 heteroatoms. The number of hydrogen-bond acceptors (Lipinski definition) is 5. The monoisotopic (exact) mass is 484 g/mol. The van der Waals surface area contributed by atoms with Crippen LogP contribution in [-0.2, 0) is 6.42 Å². The van der Waals surface area contributed by atoms with Gasteiger partial charge in [-0.05, 0) is 48.7 Å². The number of nitrogens with two attached hydrogens (primary N) is 1. The van der Waals surface area contributed by atoms with E-state index in [4.69, 9.17) is 15.5 Å². The van der Waals surface area contributed by atoms with Gasteiger partial charge < -0.3 is 15.4 Å². The molecule has 186 valence electrons. The van der Waals surface area contributed by atoms with E-state index in [0.717, 1.165) is 11.1 Å². The van der Waals surface area contributed by atoms with Gasteiger partial charge in [-0.2, -0.15) is 0 Å². The Kier molecular flexibility index (Phi) is 7.80. The van der Waals surface area contributed by atoms with Crippen LogP contribution in [0.3, 0.4) is 0 Å². The van der Waals surface area contributed by atoms with Crippen molar-refractivity contribution in [2.24, 2.45) is 5.73 Å². The maximum absolute atomic E-state index is 13.7. The summed E-state index contributed by atoms with van der Waals surface area (Å²) in [6.07, 6.45) is 2.74. The molecule has 2 heterocycles. The number of fused-ring (bicyclic) bond motifs is 1. The van der Waals surface area contributed by atoms with Crippen molar-refractivity contribution in [2.75, 3.05) is 20.2 Å². The second kappa shape index (κ2) is 11.2. The smallest absolute Gasteiger partial charge is 0.261 e. The van der Waals surface area contributed by atoms with Gasteiger partial charge in [0, 0.05) is 31.8 Å². The molecule has 0 aliphatic heterocycles. The zero-order valence-corrected chi connectivity index (χ0v) is 21.0. The van der Waals surface area contributed by atoms with E-state index in [1.807, 2.05) is 74.5 Å². The molecule has 4 rings (SSSR count). The van der Waals surface area contributed by atoms with Gasteiger partial charge in [0.2, 0.25) is 0 Å². The number of benzene rings is 2. The van der Waals surface area contributed by atoms with Crippen LogP contribution in [0.15, 0.2) is 77.7 Å². The van der Waals surface area contributed by atoms with Gasteiger partial charge >= 0.3 is 0 Å². The van der Waals surface area contributed by atoms with Gasteiger partial charge in [0.15, 0.2) is 0 Å². The van der Waals surface area contributed by atoms with Crippen molar-refractivity contribution in [1.29, 1.82) is 0 Å². The Morgan fingerprint density at radius 1 is 1.11 bits per heavy atom. The van der Waals surface area contributed by atoms with E-state index in [1.165, 1.54) is 0 Å². The Bertz CT molecular complexity index is 1420. The molecule has 0 saturated heterocycles. The summed E-state index contributed by atoms with van der Waals surface area (Å²) in [5.74, 6) is 0.304. The standard InChI is InChI=1S/C29H32N4O3/c1-4-24(32(3)28(34)22-14-13-20(2)18-25(22)36-17-15-30)27-23(19-21-10-6-5-7-11-21)29(35)33-16-9-8-12-26(33)31-27/h5-14,16,18,24H,4,15,17,19,30H2,1-3H3. The van der Waals surface area contributed by atoms with Crippen LogP contribution < -0.4 is 16.0 Å². The van der Waals surface area contributed by atoms with Gasteiger partial charge in [-0.3, -0.25) is 14.0 Å². The van der Waals surface area contributed by atoms with Gasteiger partial charge in [0.1, 0.15) is 18.0 Å². The molecule has 7 nitrogen and oxygen atoms in total. The molecule has 2 N–H and O–H groups in total. The summed E-state index contributed by atoms with van der Waals surface area (Å²) in [4.78, 5) is 33.9. The summed E-state index contributed by atoms with van der Waals surface area (Å²) in [6.45, 7) is 4.61. The van der Waals surface area contributed by atoms with Gasteiger partial charge in [-0.1, -0.05) is 49.4 Å². The third-order valence-corrected chi connectivity index (χ3v) is 6.32. The maximum Gasteiger partial charge on any atom is 0.261 e. The molecule has 0 aliphatic carbocycles. The number of carbonyl (C=O) groups is 1. The third kappa shape index (κ3) is 5.16. The molecular formula is C29H32N4O3. The first-order chi connectivity index (χ1) is 17.4. The van der Waals surface area contributed by atoms with Crippen LogP contribution in [-0.4, -0.2) is 40.4 Å². The number of amides is 1. The molecule has 4 aromatic rings.